The second-order valence-corrected chi connectivity index (χ2v) is 9.20. The lowest BCUT2D eigenvalue weighted by molar-refractivity contribution is -0.117. The zero-order chi connectivity index (χ0) is 24.6. The first-order chi connectivity index (χ1) is 17.1. The van der Waals surface area contributed by atoms with Crippen LogP contribution in [0, 0.1) is 0 Å². The molecule has 0 aromatic heterocycles. The number of carbonyl (C=O) groups excluding carboxylic acids is 2. The van der Waals surface area contributed by atoms with E-state index in [0.29, 0.717) is 18.0 Å². The number of rotatable bonds is 8. The third-order valence-corrected chi connectivity index (χ3v) is 6.91. The fraction of sp³-hybridized carbons (Fsp3) is 0.333. The summed E-state index contributed by atoms with van der Waals surface area (Å²) in [5.41, 5.74) is 3.64. The molecule has 0 bridgehead atoms. The molecule has 2 amide bonds. The van der Waals surface area contributed by atoms with Gasteiger partial charge in [-0.1, -0.05) is 55.5 Å². The Morgan fingerprint density at radius 1 is 0.829 bits per heavy atom. The molecule has 3 aromatic rings. The second-order valence-electron chi connectivity index (χ2n) is 9.20. The Morgan fingerprint density at radius 3 is 2.00 bits per heavy atom. The number of para-hydroxylation sites is 1. The minimum Gasteiger partial charge on any atom is -0.339 e. The maximum absolute atomic E-state index is 13.2. The van der Waals surface area contributed by atoms with Crippen molar-refractivity contribution >= 4 is 23.2 Å². The monoisotopic (exact) mass is 469 g/mol. The number of hydrogen-bond donors (Lipinski definition) is 0. The first-order valence-corrected chi connectivity index (χ1v) is 12.6. The van der Waals surface area contributed by atoms with Gasteiger partial charge in [-0.15, -0.1) is 0 Å². The lowest BCUT2D eigenvalue weighted by atomic mass is 10.0. The smallest absolute Gasteiger partial charge is 0.253 e. The topological polar surface area (TPSA) is 43.9 Å². The Kier molecular flexibility index (Phi) is 8.32. The fourth-order valence-electron chi connectivity index (χ4n) is 4.75. The van der Waals surface area contributed by atoms with Crippen LogP contribution in [0.1, 0.15) is 42.1 Å². The summed E-state index contributed by atoms with van der Waals surface area (Å²) < 4.78 is 0. The number of anilines is 2. The summed E-state index contributed by atoms with van der Waals surface area (Å²) in [5, 5.41) is 0. The molecule has 0 radical (unpaired) electrons. The van der Waals surface area contributed by atoms with Crippen LogP contribution in [0.3, 0.4) is 0 Å². The van der Waals surface area contributed by atoms with E-state index in [4.69, 9.17) is 0 Å². The summed E-state index contributed by atoms with van der Waals surface area (Å²) in [6, 6.07) is 28.2. The summed E-state index contributed by atoms with van der Waals surface area (Å²) in [7, 11) is 2.19. The molecular formula is C30H35N3O2. The Hall–Kier alpha value is -3.44. The molecule has 35 heavy (non-hydrogen) atoms. The van der Waals surface area contributed by atoms with Gasteiger partial charge in [-0.25, -0.2) is 0 Å². The average Bonchev–Trinajstić information content (AvgIpc) is 2.93. The highest BCUT2D eigenvalue weighted by Crippen LogP contribution is 2.27. The molecule has 1 aliphatic rings. The number of piperidine rings is 1. The Labute approximate surface area is 209 Å². The van der Waals surface area contributed by atoms with E-state index in [1.807, 2.05) is 66.4 Å². The van der Waals surface area contributed by atoms with E-state index in [9.17, 15) is 9.59 Å². The molecule has 1 heterocycles. The molecule has 1 aliphatic heterocycles. The molecular weight excluding hydrogens is 434 g/mol. The largest absolute Gasteiger partial charge is 0.339 e. The fourth-order valence-corrected chi connectivity index (χ4v) is 4.75. The molecule has 5 nitrogen and oxygen atoms in total. The average molecular weight is 470 g/mol. The van der Waals surface area contributed by atoms with Crippen molar-refractivity contribution < 1.29 is 9.59 Å². The lowest BCUT2D eigenvalue weighted by Crippen LogP contribution is -2.46. The maximum atomic E-state index is 13.2. The van der Waals surface area contributed by atoms with E-state index in [1.165, 1.54) is 5.56 Å². The van der Waals surface area contributed by atoms with Gasteiger partial charge in [0.25, 0.3) is 5.91 Å². The first-order valence-electron chi connectivity index (χ1n) is 12.6. The summed E-state index contributed by atoms with van der Waals surface area (Å²) in [5.74, 6) is 0.0868. The number of carbonyl (C=O) groups is 2. The van der Waals surface area contributed by atoms with Crippen molar-refractivity contribution in [2.24, 2.45) is 0 Å². The Bertz CT molecular complexity index is 1090. The molecule has 0 N–H and O–H groups in total. The van der Waals surface area contributed by atoms with Crippen molar-refractivity contribution in [2.45, 2.75) is 38.6 Å². The number of amides is 2. The summed E-state index contributed by atoms with van der Waals surface area (Å²) >= 11 is 0. The van der Waals surface area contributed by atoms with Crippen LogP contribution < -0.4 is 4.90 Å². The van der Waals surface area contributed by atoms with Crippen LogP contribution in [-0.4, -0.2) is 54.3 Å². The highest BCUT2D eigenvalue weighted by atomic mass is 16.2. The van der Waals surface area contributed by atoms with E-state index in [1.54, 1.807) is 4.90 Å². The third-order valence-electron chi connectivity index (χ3n) is 6.91. The molecule has 4 rings (SSSR count). The summed E-state index contributed by atoms with van der Waals surface area (Å²) in [4.78, 5) is 31.9. The Balaban J connectivity index is 1.34. The normalized spacial score (nSPS) is 14.2. The molecule has 0 unspecified atom stereocenters. The van der Waals surface area contributed by atoms with Crippen LogP contribution in [0.2, 0.25) is 0 Å². The predicted octanol–water partition coefficient (Wildman–Crippen LogP) is 5.54. The minimum atomic E-state index is 0.0220. The standard InChI is InChI=1S/C30H35N3O2/c1-3-29(34)33(27-12-8-5-9-13-27)28-16-14-25(15-17-28)30(35)32-22-19-26(20-23-32)31(2)21-18-24-10-6-4-7-11-24/h4-17,26H,3,18-23H2,1-2H3. The third kappa shape index (κ3) is 6.17. The Morgan fingerprint density at radius 2 is 1.40 bits per heavy atom. The van der Waals surface area contributed by atoms with E-state index >= 15 is 0 Å². The maximum Gasteiger partial charge on any atom is 0.253 e. The lowest BCUT2D eigenvalue weighted by Gasteiger charge is -2.37. The van der Waals surface area contributed by atoms with Crippen LogP contribution in [-0.2, 0) is 11.2 Å². The molecule has 0 atom stereocenters. The van der Waals surface area contributed by atoms with E-state index in [-0.39, 0.29) is 11.8 Å². The summed E-state index contributed by atoms with van der Waals surface area (Å²) in [6.45, 7) is 4.42. The van der Waals surface area contributed by atoms with Crippen LogP contribution in [0.5, 0.6) is 0 Å². The van der Waals surface area contributed by atoms with Gasteiger partial charge in [0.2, 0.25) is 5.91 Å². The van der Waals surface area contributed by atoms with Crippen LogP contribution in [0.15, 0.2) is 84.9 Å². The molecule has 5 heteroatoms. The van der Waals surface area contributed by atoms with Crippen molar-refractivity contribution in [1.82, 2.24) is 9.80 Å². The highest BCUT2D eigenvalue weighted by Gasteiger charge is 2.26. The minimum absolute atomic E-state index is 0.0220. The van der Waals surface area contributed by atoms with Crippen molar-refractivity contribution in [3.05, 3.63) is 96.1 Å². The van der Waals surface area contributed by atoms with Crippen LogP contribution in [0.4, 0.5) is 11.4 Å². The van der Waals surface area contributed by atoms with Gasteiger partial charge in [-0.2, -0.15) is 0 Å². The molecule has 0 saturated carbocycles. The van der Waals surface area contributed by atoms with Gasteiger partial charge in [0.1, 0.15) is 0 Å². The molecule has 182 valence electrons. The van der Waals surface area contributed by atoms with Gasteiger partial charge >= 0.3 is 0 Å². The van der Waals surface area contributed by atoms with Gasteiger partial charge in [-0.3, -0.25) is 14.5 Å². The quantitative estimate of drug-likeness (QED) is 0.435. The number of nitrogens with zero attached hydrogens (tertiary/aromatic N) is 3. The van der Waals surface area contributed by atoms with Crippen LogP contribution >= 0.6 is 0 Å². The van der Waals surface area contributed by atoms with E-state index in [0.717, 1.165) is 50.3 Å². The number of benzene rings is 3. The number of likely N-dealkylation sites (tertiary alicyclic amines) is 1. The van der Waals surface area contributed by atoms with Crippen molar-refractivity contribution in [1.29, 1.82) is 0 Å². The molecule has 0 aliphatic carbocycles. The van der Waals surface area contributed by atoms with Crippen molar-refractivity contribution in [2.75, 3.05) is 31.6 Å². The van der Waals surface area contributed by atoms with E-state index < -0.39 is 0 Å². The molecule has 1 fully saturated rings. The molecule has 3 aromatic carbocycles. The zero-order valence-corrected chi connectivity index (χ0v) is 20.8. The van der Waals surface area contributed by atoms with Crippen molar-refractivity contribution in [3.63, 3.8) is 0 Å². The number of likely N-dealkylation sites (N-methyl/N-ethyl adjacent to an activating group) is 1. The second kappa shape index (κ2) is 11.8. The van der Waals surface area contributed by atoms with Gasteiger partial charge in [0, 0.05) is 49.0 Å². The molecule has 1 saturated heterocycles. The predicted molar refractivity (Wildman–Crippen MR) is 142 cm³/mol. The van der Waals surface area contributed by atoms with Gasteiger partial charge in [0.05, 0.1) is 0 Å². The van der Waals surface area contributed by atoms with Gasteiger partial charge in [-0.05, 0) is 68.3 Å². The highest BCUT2D eigenvalue weighted by molar-refractivity contribution is 6.01. The SMILES string of the molecule is CCC(=O)N(c1ccccc1)c1ccc(C(=O)N2CCC(N(C)CCc3ccccc3)CC2)cc1. The van der Waals surface area contributed by atoms with Gasteiger partial charge < -0.3 is 9.80 Å². The first kappa shape index (κ1) is 24.7. The van der Waals surface area contributed by atoms with Crippen molar-refractivity contribution in [3.8, 4) is 0 Å². The van der Waals surface area contributed by atoms with E-state index in [2.05, 4.69) is 42.3 Å². The summed E-state index contributed by atoms with van der Waals surface area (Å²) in [6.07, 6.45) is 3.43. The molecule has 0 spiro atoms. The zero-order valence-electron chi connectivity index (χ0n) is 20.8. The van der Waals surface area contributed by atoms with Gasteiger partial charge in [0.15, 0.2) is 0 Å². The van der Waals surface area contributed by atoms with Crippen LogP contribution in [0.25, 0.3) is 0 Å². The number of hydrogen-bond acceptors (Lipinski definition) is 3.